The summed E-state index contributed by atoms with van der Waals surface area (Å²) in [5, 5.41) is 0. The summed E-state index contributed by atoms with van der Waals surface area (Å²) < 4.78 is 0. The van der Waals surface area contributed by atoms with E-state index in [0.29, 0.717) is 6.04 Å². The average Bonchev–Trinajstić information content (AvgIpc) is 2.91. The van der Waals surface area contributed by atoms with Crippen LogP contribution in [-0.2, 0) is 6.54 Å². The minimum absolute atomic E-state index is 0.193. The molecule has 0 radical (unpaired) electrons. The molecular formula is C20H24N2O. The quantitative estimate of drug-likeness (QED) is 0.809. The van der Waals surface area contributed by atoms with Crippen molar-refractivity contribution in [3.05, 3.63) is 53.3 Å². The molecule has 1 amide bonds. The van der Waals surface area contributed by atoms with Crippen LogP contribution < -0.4 is 0 Å². The molecule has 0 N–H and O–H groups in total. The fraction of sp³-hybridized carbons (Fsp3) is 0.400. The molecule has 3 nitrogen and oxygen atoms in total. The van der Waals surface area contributed by atoms with Crippen LogP contribution in [0.5, 0.6) is 0 Å². The van der Waals surface area contributed by atoms with Gasteiger partial charge in [-0.2, -0.15) is 0 Å². The number of carbonyl (C=O) groups excluding carboxylic acids is 1. The first-order chi connectivity index (χ1) is 11.1. The van der Waals surface area contributed by atoms with E-state index in [1.54, 1.807) is 6.20 Å². The number of aromatic nitrogens is 1. The van der Waals surface area contributed by atoms with Gasteiger partial charge in [0.2, 0.25) is 0 Å². The molecule has 0 spiro atoms. The number of benzene rings is 1. The normalized spacial score (nSPS) is 14.9. The van der Waals surface area contributed by atoms with Crippen LogP contribution in [0.3, 0.4) is 0 Å². The van der Waals surface area contributed by atoms with Crippen molar-refractivity contribution in [3.63, 3.8) is 0 Å². The molecule has 0 bridgehead atoms. The highest BCUT2D eigenvalue weighted by molar-refractivity contribution is 6.00. The molecule has 0 aliphatic carbocycles. The van der Waals surface area contributed by atoms with Crippen molar-refractivity contribution >= 4 is 5.91 Å². The van der Waals surface area contributed by atoms with Gasteiger partial charge < -0.3 is 4.90 Å². The number of carbonyl (C=O) groups is 1. The van der Waals surface area contributed by atoms with E-state index in [4.69, 9.17) is 0 Å². The van der Waals surface area contributed by atoms with Crippen LogP contribution in [-0.4, -0.2) is 21.8 Å². The van der Waals surface area contributed by atoms with E-state index in [1.807, 2.05) is 24.1 Å². The molecule has 2 aromatic rings. The molecule has 1 unspecified atom stereocenters. The smallest absolute Gasteiger partial charge is 0.255 e. The van der Waals surface area contributed by atoms with Crippen LogP contribution >= 0.6 is 0 Å². The SMILES string of the molecule is CCCCC(C)N1Cc2cc(-c3cccnc3)cc(C)c2C1=O. The number of aryl methyl sites for hydroxylation is 1. The molecule has 0 fully saturated rings. The van der Waals surface area contributed by atoms with Gasteiger partial charge in [-0.25, -0.2) is 0 Å². The minimum atomic E-state index is 0.193. The van der Waals surface area contributed by atoms with Crippen molar-refractivity contribution in [2.45, 2.75) is 52.6 Å². The van der Waals surface area contributed by atoms with Crippen molar-refractivity contribution in [2.75, 3.05) is 0 Å². The van der Waals surface area contributed by atoms with Crippen LogP contribution in [0.4, 0.5) is 0 Å². The third-order valence-corrected chi connectivity index (χ3v) is 4.73. The summed E-state index contributed by atoms with van der Waals surface area (Å²) in [4.78, 5) is 19.0. The summed E-state index contributed by atoms with van der Waals surface area (Å²) in [7, 11) is 0. The molecule has 1 aromatic heterocycles. The second kappa shape index (κ2) is 6.53. The largest absolute Gasteiger partial charge is 0.332 e. The monoisotopic (exact) mass is 308 g/mol. The molecule has 120 valence electrons. The maximum Gasteiger partial charge on any atom is 0.255 e. The lowest BCUT2D eigenvalue weighted by Gasteiger charge is -2.24. The fourth-order valence-electron chi connectivity index (χ4n) is 3.40. The minimum Gasteiger partial charge on any atom is -0.332 e. The lowest BCUT2D eigenvalue weighted by atomic mass is 9.97. The third-order valence-electron chi connectivity index (χ3n) is 4.73. The Morgan fingerprint density at radius 2 is 2.13 bits per heavy atom. The summed E-state index contributed by atoms with van der Waals surface area (Å²) in [5.74, 6) is 0.193. The number of rotatable bonds is 5. The Kier molecular flexibility index (Phi) is 4.46. The highest BCUT2D eigenvalue weighted by atomic mass is 16.2. The first kappa shape index (κ1) is 15.7. The molecule has 1 atom stereocenters. The lowest BCUT2D eigenvalue weighted by Crippen LogP contribution is -2.33. The van der Waals surface area contributed by atoms with Gasteiger partial charge >= 0.3 is 0 Å². The predicted octanol–water partition coefficient (Wildman–Crippen LogP) is 4.59. The van der Waals surface area contributed by atoms with E-state index >= 15 is 0 Å². The van der Waals surface area contributed by atoms with Gasteiger partial charge in [-0.3, -0.25) is 9.78 Å². The van der Waals surface area contributed by atoms with E-state index in [9.17, 15) is 4.79 Å². The summed E-state index contributed by atoms with van der Waals surface area (Å²) in [6.07, 6.45) is 7.07. The molecule has 0 saturated heterocycles. The molecule has 1 aromatic carbocycles. The molecule has 3 rings (SSSR count). The van der Waals surface area contributed by atoms with Gasteiger partial charge in [0.05, 0.1) is 0 Å². The van der Waals surface area contributed by atoms with Crippen LogP contribution in [0, 0.1) is 6.92 Å². The second-order valence-corrected chi connectivity index (χ2v) is 6.49. The van der Waals surface area contributed by atoms with Crippen molar-refractivity contribution in [1.29, 1.82) is 0 Å². The van der Waals surface area contributed by atoms with Crippen molar-refractivity contribution in [3.8, 4) is 11.1 Å². The second-order valence-electron chi connectivity index (χ2n) is 6.49. The molecule has 1 aliphatic heterocycles. The molecule has 23 heavy (non-hydrogen) atoms. The number of unbranched alkanes of at least 4 members (excludes halogenated alkanes) is 1. The summed E-state index contributed by atoms with van der Waals surface area (Å²) in [5.41, 5.74) is 5.36. The summed E-state index contributed by atoms with van der Waals surface area (Å²) in [6.45, 7) is 7.12. The fourth-order valence-corrected chi connectivity index (χ4v) is 3.40. The van der Waals surface area contributed by atoms with Gasteiger partial charge in [0, 0.05) is 36.1 Å². The number of amides is 1. The van der Waals surface area contributed by atoms with Gasteiger partial charge in [-0.15, -0.1) is 0 Å². The number of nitrogens with zero attached hydrogens (tertiary/aromatic N) is 2. The van der Waals surface area contributed by atoms with Gasteiger partial charge in [0.15, 0.2) is 0 Å². The van der Waals surface area contributed by atoms with E-state index in [-0.39, 0.29) is 5.91 Å². The Morgan fingerprint density at radius 3 is 2.83 bits per heavy atom. The standard InChI is InChI=1S/C20H24N2O/c1-4-5-7-15(3)22-13-18-11-17(16-8-6-9-21-12-16)10-14(2)19(18)20(22)23/h6,8-12,15H,4-5,7,13H2,1-3H3. The van der Waals surface area contributed by atoms with Crippen LogP contribution in [0.15, 0.2) is 36.7 Å². The van der Waals surface area contributed by atoms with Crippen molar-refractivity contribution in [1.82, 2.24) is 9.88 Å². The van der Waals surface area contributed by atoms with Crippen LogP contribution in [0.1, 0.15) is 54.6 Å². The first-order valence-corrected chi connectivity index (χ1v) is 8.46. The van der Waals surface area contributed by atoms with Gasteiger partial charge in [-0.1, -0.05) is 31.9 Å². The van der Waals surface area contributed by atoms with Crippen molar-refractivity contribution in [2.24, 2.45) is 0 Å². The predicted molar refractivity (Wildman–Crippen MR) is 93.3 cm³/mol. The van der Waals surface area contributed by atoms with Gasteiger partial charge in [0.1, 0.15) is 0 Å². The van der Waals surface area contributed by atoms with Crippen LogP contribution in [0.2, 0.25) is 0 Å². The Bertz CT molecular complexity index is 709. The average molecular weight is 308 g/mol. The molecule has 2 heterocycles. The van der Waals surface area contributed by atoms with Gasteiger partial charge in [0.25, 0.3) is 5.91 Å². The number of pyridine rings is 1. The Balaban J connectivity index is 1.91. The summed E-state index contributed by atoms with van der Waals surface area (Å²) >= 11 is 0. The topological polar surface area (TPSA) is 33.2 Å². The van der Waals surface area contributed by atoms with Crippen molar-refractivity contribution < 1.29 is 4.79 Å². The highest BCUT2D eigenvalue weighted by Crippen LogP contribution is 2.32. The number of fused-ring (bicyclic) bond motifs is 1. The molecule has 1 aliphatic rings. The molecule has 0 saturated carbocycles. The maximum absolute atomic E-state index is 12.8. The number of hydrogen-bond donors (Lipinski definition) is 0. The zero-order valence-corrected chi connectivity index (χ0v) is 14.2. The van der Waals surface area contributed by atoms with E-state index in [1.165, 1.54) is 12.8 Å². The Labute approximate surface area is 138 Å². The Morgan fingerprint density at radius 1 is 1.30 bits per heavy atom. The molecular weight excluding hydrogens is 284 g/mol. The van der Waals surface area contributed by atoms with Gasteiger partial charge in [-0.05, 0) is 49.1 Å². The Hall–Kier alpha value is -2.16. The summed E-state index contributed by atoms with van der Waals surface area (Å²) in [6, 6.07) is 8.57. The van der Waals surface area contributed by atoms with E-state index < -0.39 is 0 Å². The highest BCUT2D eigenvalue weighted by Gasteiger charge is 2.32. The van der Waals surface area contributed by atoms with E-state index in [2.05, 4.69) is 37.0 Å². The van der Waals surface area contributed by atoms with Crippen LogP contribution in [0.25, 0.3) is 11.1 Å². The lowest BCUT2D eigenvalue weighted by molar-refractivity contribution is 0.0707. The zero-order chi connectivity index (χ0) is 16.4. The molecule has 3 heteroatoms. The van der Waals surface area contributed by atoms with E-state index in [0.717, 1.165) is 40.8 Å². The first-order valence-electron chi connectivity index (χ1n) is 8.46. The zero-order valence-electron chi connectivity index (χ0n) is 14.2. The third kappa shape index (κ3) is 3.00. The maximum atomic E-state index is 12.8. The number of hydrogen-bond acceptors (Lipinski definition) is 2.